The van der Waals surface area contributed by atoms with Gasteiger partial charge < -0.3 is 9.88 Å². The van der Waals surface area contributed by atoms with Crippen LogP contribution < -0.4 is 5.32 Å². The molecule has 7 nitrogen and oxygen atoms in total. The van der Waals surface area contributed by atoms with Gasteiger partial charge in [0.1, 0.15) is 12.4 Å². The maximum atomic E-state index is 12.6. The van der Waals surface area contributed by atoms with Crippen molar-refractivity contribution >= 4 is 29.2 Å². The Balaban J connectivity index is 1.51. The smallest absolute Gasteiger partial charge is 0.240 e. The molecule has 148 valence electrons. The number of carbonyl (C=O) groups excluding carboxylic acids is 1. The van der Waals surface area contributed by atoms with Crippen molar-refractivity contribution in [1.29, 1.82) is 0 Å². The van der Waals surface area contributed by atoms with Crippen LogP contribution in [0.3, 0.4) is 0 Å². The van der Waals surface area contributed by atoms with Crippen LogP contribution in [0, 0.1) is 11.7 Å². The second kappa shape index (κ2) is 8.00. The van der Waals surface area contributed by atoms with E-state index in [0.717, 1.165) is 34.5 Å². The van der Waals surface area contributed by atoms with Crippen LogP contribution in [-0.4, -0.2) is 30.2 Å². The van der Waals surface area contributed by atoms with E-state index in [0.29, 0.717) is 17.1 Å². The number of fused-ring (bicyclic) bond motifs is 1. The van der Waals surface area contributed by atoms with Crippen LogP contribution in [-0.2, 0) is 24.4 Å². The van der Waals surface area contributed by atoms with Gasteiger partial charge in [-0.25, -0.2) is 4.98 Å². The summed E-state index contributed by atoms with van der Waals surface area (Å²) in [5, 5.41) is 10.0. The van der Waals surface area contributed by atoms with Crippen molar-refractivity contribution in [2.45, 2.75) is 33.5 Å². The van der Waals surface area contributed by atoms with Gasteiger partial charge in [0.2, 0.25) is 5.91 Å². The molecule has 2 heterocycles. The summed E-state index contributed by atoms with van der Waals surface area (Å²) in [4.78, 5) is 17.3. The highest BCUT2D eigenvalue weighted by Gasteiger charge is 2.14. The van der Waals surface area contributed by atoms with Crippen molar-refractivity contribution in [2.24, 2.45) is 0 Å². The van der Waals surface area contributed by atoms with Gasteiger partial charge in [-0.1, -0.05) is 42.0 Å². The van der Waals surface area contributed by atoms with Crippen molar-refractivity contribution in [3.8, 4) is 11.4 Å². The number of H-pyrrole nitrogens is 1. The summed E-state index contributed by atoms with van der Waals surface area (Å²) in [6.07, 6.45) is 0. The lowest BCUT2D eigenvalue weighted by atomic mass is 10.1. The molecule has 0 aliphatic carbocycles. The molecule has 0 saturated carbocycles. The molecule has 0 fully saturated rings. The molecule has 2 aromatic carbocycles. The van der Waals surface area contributed by atoms with E-state index >= 15 is 0 Å². The molecule has 1 amide bonds. The zero-order chi connectivity index (χ0) is 20.4. The minimum atomic E-state index is -0.148. The van der Waals surface area contributed by atoms with Gasteiger partial charge in [-0.3, -0.25) is 14.5 Å². The molecule has 2 N–H and O–H groups in total. The topological polar surface area (TPSA) is 80.5 Å². The summed E-state index contributed by atoms with van der Waals surface area (Å²) in [6.45, 7) is 5.32. The molecular weight excluding hydrogens is 384 g/mol. The summed E-state index contributed by atoms with van der Waals surface area (Å²) >= 11 is 5.33. The van der Waals surface area contributed by atoms with Crippen LogP contribution in [0.25, 0.3) is 22.4 Å². The maximum Gasteiger partial charge on any atom is 0.240 e. The molecule has 0 radical (unpaired) electrons. The summed E-state index contributed by atoms with van der Waals surface area (Å²) in [6, 6.07) is 15.9. The Labute approximate surface area is 173 Å². The molecule has 0 aliphatic rings. The second-order valence-corrected chi connectivity index (χ2v) is 7.23. The average molecular weight is 407 g/mol. The maximum absolute atomic E-state index is 12.6. The molecule has 0 aliphatic heterocycles. The lowest BCUT2D eigenvalue weighted by molar-refractivity contribution is -0.121. The third kappa shape index (κ3) is 3.84. The number of nitrogens with one attached hydrogen (secondary N) is 2. The van der Waals surface area contributed by atoms with Crippen LogP contribution in [0.4, 0.5) is 0 Å². The van der Waals surface area contributed by atoms with Gasteiger partial charge in [0.15, 0.2) is 10.6 Å². The quantitative estimate of drug-likeness (QED) is 0.480. The largest absolute Gasteiger partial charge is 0.347 e. The summed E-state index contributed by atoms with van der Waals surface area (Å²) < 4.78 is 4.23. The first-order chi connectivity index (χ1) is 14.1. The number of para-hydroxylation sites is 2. The fraction of sp³-hybridized carbons (Fsp3) is 0.238. The Morgan fingerprint density at radius 1 is 1.14 bits per heavy atom. The lowest BCUT2D eigenvalue weighted by Crippen LogP contribution is -2.28. The monoisotopic (exact) mass is 406 g/mol. The zero-order valence-electron chi connectivity index (χ0n) is 16.3. The van der Waals surface area contributed by atoms with E-state index in [2.05, 4.69) is 32.0 Å². The standard InChI is InChI=1S/C21H22N6OS/c1-3-26-17-7-5-4-6-16(17)23-18(26)12-22-19(28)13-27-20(24-25-21(27)29)15-10-8-14(2)9-11-15/h4-11H,3,12-13H2,1-2H3,(H,22,28)(H,25,29). The Kier molecular flexibility index (Phi) is 5.26. The predicted octanol–water partition coefficient (Wildman–Crippen LogP) is 3.60. The van der Waals surface area contributed by atoms with E-state index in [1.807, 2.05) is 55.5 Å². The van der Waals surface area contributed by atoms with E-state index in [1.165, 1.54) is 0 Å². The minimum Gasteiger partial charge on any atom is -0.347 e. The molecule has 8 heteroatoms. The highest BCUT2D eigenvalue weighted by atomic mass is 32.1. The molecule has 29 heavy (non-hydrogen) atoms. The highest BCUT2D eigenvalue weighted by Crippen LogP contribution is 2.18. The van der Waals surface area contributed by atoms with Gasteiger partial charge in [0.05, 0.1) is 17.6 Å². The summed E-state index contributed by atoms with van der Waals surface area (Å²) in [5.74, 6) is 1.33. The number of amides is 1. The van der Waals surface area contributed by atoms with Gasteiger partial charge in [-0.05, 0) is 38.2 Å². The fourth-order valence-electron chi connectivity index (χ4n) is 3.38. The summed E-state index contributed by atoms with van der Waals surface area (Å²) in [7, 11) is 0. The number of aromatic nitrogens is 5. The molecule has 2 aromatic heterocycles. The number of aromatic amines is 1. The normalized spacial score (nSPS) is 11.1. The molecule has 0 unspecified atom stereocenters. The third-order valence-corrected chi connectivity index (χ3v) is 5.17. The number of imidazole rings is 1. The van der Waals surface area contributed by atoms with Crippen LogP contribution in [0.2, 0.25) is 0 Å². The minimum absolute atomic E-state index is 0.0882. The first-order valence-electron chi connectivity index (χ1n) is 9.50. The van der Waals surface area contributed by atoms with Crippen LogP contribution in [0.15, 0.2) is 48.5 Å². The Morgan fingerprint density at radius 2 is 1.90 bits per heavy atom. The van der Waals surface area contributed by atoms with Gasteiger partial charge in [0.25, 0.3) is 0 Å². The molecule has 0 atom stereocenters. The second-order valence-electron chi connectivity index (χ2n) is 6.84. The van der Waals surface area contributed by atoms with E-state index < -0.39 is 0 Å². The molecule has 4 rings (SSSR count). The first-order valence-corrected chi connectivity index (χ1v) is 9.90. The Bertz CT molecular complexity index is 1220. The van der Waals surface area contributed by atoms with E-state index in [9.17, 15) is 4.79 Å². The predicted molar refractivity (Wildman–Crippen MR) is 115 cm³/mol. The molecular formula is C21H22N6OS. The van der Waals surface area contributed by atoms with Crippen molar-refractivity contribution in [3.63, 3.8) is 0 Å². The van der Waals surface area contributed by atoms with E-state index in [4.69, 9.17) is 12.2 Å². The van der Waals surface area contributed by atoms with Crippen LogP contribution >= 0.6 is 12.2 Å². The van der Waals surface area contributed by atoms with Crippen LogP contribution in [0.1, 0.15) is 18.3 Å². The zero-order valence-corrected chi connectivity index (χ0v) is 17.2. The van der Waals surface area contributed by atoms with Gasteiger partial charge in [-0.2, -0.15) is 5.10 Å². The average Bonchev–Trinajstić information content (AvgIpc) is 3.27. The highest BCUT2D eigenvalue weighted by molar-refractivity contribution is 7.71. The SMILES string of the molecule is CCn1c(CNC(=O)Cn2c(-c3ccc(C)cc3)n[nH]c2=S)nc2ccccc21. The Morgan fingerprint density at radius 3 is 2.66 bits per heavy atom. The fourth-order valence-corrected chi connectivity index (χ4v) is 3.57. The molecule has 0 bridgehead atoms. The first kappa shape index (κ1) is 19.1. The number of hydrogen-bond acceptors (Lipinski definition) is 4. The van der Waals surface area contributed by atoms with Crippen molar-refractivity contribution < 1.29 is 4.79 Å². The van der Waals surface area contributed by atoms with E-state index in [1.54, 1.807) is 4.57 Å². The van der Waals surface area contributed by atoms with Gasteiger partial charge >= 0.3 is 0 Å². The van der Waals surface area contributed by atoms with Gasteiger partial charge in [0, 0.05) is 12.1 Å². The number of rotatable bonds is 6. The number of hydrogen-bond donors (Lipinski definition) is 2. The number of benzene rings is 2. The van der Waals surface area contributed by atoms with Crippen molar-refractivity contribution in [2.75, 3.05) is 0 Å². The third-order valence-electron chi connectivity index (χ3n) is 4.86. The number of nitrogens with zero attached hydrogens (tertiary/aromatic N) is 4. The number of aryl methyl sites for hydroxylation is 2. The van der Waals surface area contributed by atoms with Crippen LogP contribution in [0.5, 0.6) is 0 Å². The lowest BCUT2D eigenvalue weighted by Gasteiger charge is -2.10. The van der Waals surface area contributed by atoms with Crippen molar-refractivity contribution in [3.05, 3.63) is 64.7 Å². The van der Waals surface area contributed by atoms with Crippen molar-refractivity contribution in [1.82, 2.24) is 29.6 Å². The number of carbonyl (C=O) groups is 1. The molecule has 0 spiro atoms. The molecule has 0 saturated heterocycles. The summed E-state index contributed by atoms with van der Waals surface area (Å²) in [5.41, 5.74) is 4.06. The molecule has 4 aromatic rings. The van der Waals surface area contributed by atoms with E-state index in [-0.39, 0.29) is 12.5 Å². The van der Waals surface area contributed by atoms with Gasteiger partial charge in [-0.15, -0.1) is 0 Å². The Hall–Kier alpha value is -3.26.